The van der Waals surface area contributed by atoms with Crippen molar-refractivity contribution in [3.63, 3.8) is 0 Å². The lowest BCUT2D eigenvalue weighted by molar-refractivity contribution is 0.0536. The fourth-order valence-electron chi connectivity index (χ4n) is 4.88. The molecule has 0 bridgehead atoms. The molecule has 2 heterocycles. The molecule has 2 N–H and O–H groups in total. The van der Waals surface area contributed by atoms with Crippen molar-refractivity contribution >= 4 is 32.9 Å². The zero-order chi connectivity index (χ0) is 19.0. The molecular formula is C21H27BrN2O3. The van der Waals surface area contributed by atoms with Crippen LogP contribution in [-0.2, 0) is 11.2 Å². The molecule has 1 aliphatic carbocycles. The maximum absolute atomic E-state index is 12.7. The number of benzene rings is 1. The SMILES string of the molecule is CCOC(=O)N1CCc2c([nH]c3ccc(Br)cc23)C1C1CCC(CO)CC1. The van der Waals surface area contributed by atoms with Gasteiger partial charge in [0.15, 0.2) is 0 Å². The van der Waals surface area contributed by atoms with Gasteiger partial charge in [-0.3, -0.25) is 4.90 Å². The highest BCUT2D eigenvalue weighted by Gasteiger charge is 2.40. The van der Waals surface area contributed by atoms with E-state index in [1.807, 2.05) is 11.8 Å². The van der Waals surface area contributed by atoms with Crippen molar-refractivity contribution < 1.29 is 14.6 Å². The molecule has 2 aliphatic rings. The van der Waals surface area contributed by atoms with Crippen LogP contribution in [0.15, 0.2) is 22.7 Å². The van der Waals surface area contributed by atoms with Crippen molar-refractivity contribution in [1.82, 2.24) is 9.88 Å². The molecule has 0 spiro atoms. The number of ether oxygens (including phenoxy) is 1. The second kappa shape index (κ2) is 7.84. The molecule has 1 amide bonds. The number of aromatic nitrogens is 1. The first-order valence-corrected chi connectivity index (χ1v) is 10.8. The average Bonchev–Trinajstić information content (AvgIpc) is 3.05. The number of aromatic amines is 1. The molecular weight excluding hydrogens is 408 g/mol. The third-order valence-corrected chi connectivity index (χ3v) is 6.73. The smallest absolute Gasteiger partial charge is 0.410 e. The molecule has 1 aromatic carbocycles. The summed E-state index contributed by atoms with van der Waals surface area (Å²) < 4.78 is 6.45. The summed E-state index contributed by atoms with van der Waals surface area (Å²) >= 11 is 3.58. The number of carbonyl (C=O) groups excluding carboxylic acids is 1. The molecule has 1 aliphatic heterocycles. The third-order valence-electron chi connectivity index (χ3n) is 6.23. The van der Waals surface area contributed by atoms with E-state index >= 15 is 0 Å². The molecule has 1 unspecified atom stereocenters. The summed E-state index contributed by atoms with van der Waals surface area (Å²) in [4.78, 5) is 18.2. The van der Waals surface area contributed by atoms with Crippen LogP contribution in [0.3, 0.4) is 0 Å². The Bertz CT molecular complexity index is 826. The number of nitrogens with zero attached hydrogens (tertiary/aromatic N) is 1. The van der Waals surface area contributed by atoms with Crippen molar-refractivity contribution in [3.05, 3.63) is 33.9 Å². The van der Waals surface area contributed by atoms with Crippen LogP contribution < -0.4 is 0 Å². The topological polar surface area (TPSA) is 65.6 Å². The maximum Gasteiger partial charge on any atom is 0.410 e. The predicted octanol–water partition coefficient (Wildman–Crippen LogP) is 4.78. The zero-order valence-corrected chi connectivity index (χ0v) is 17.3. The van der Waals surface area contributed by atoms with E-state index in [1.165, 1.54) is 16.6 Å². The van der Waals surface area contributed by atoms with Gasteiger partial charge in [0.2, 0.25) is 0 Å². The highest BCUT2D eigenvalue weighted by molar-refractivity contribution is 9.10. The number of halogens is 1. The monoisotopic (exact) mass is 434 g/mol. The second-order valence-corrected chi connectivity index (χ2v) is 8.67. The summed E-state index contributed by atoms with van der Waals surface area (Å²) in [5.74, 6) is 0.798. The maximum atomic E-state index is 12.7. The third kappa shape index (κ3) is 3.49. The summed E-state index contributed by atoms with van der Waals surface area (Å²) in [5, 5.41) is 10.7. The van der Waals surface area contributed by atoms with Crippen LogP contribution in [0.5, 0.6) is 0 Å². The highest BCUT2D eigenvalue weighted by atomic mass is 79.9. The zero-order valence-electron chi connectivity index (χ0n) is 15.7. The summed E-state index contributed by atoms with van der Waals surface area (Å²) in [6.45, 7) is 3.21. The fraction of sp³-hybridized carbons (Fsp3) is 0.571. The Labute approximate surface area is 168 Å². The van der Waals surface area contributed by atoms with E-state index in [1.54, 1.807) is 0 Å². The summed E-state index contributed by atoms with van der Waals surface area (Å²) in [6, 6.07) is 6.35. The Hall–Kier alpha value is -1.53. The van der Waals surface area contributed by atoms with E-state index in [0.717, 1.165) is 42.1 Å². The number of hydrogen-bond acceptors (Lipinski definition) is 3. The number of rotatable bonds is 3. The van der Waals surface area contributed by atoms with Crippen LogP contribution in [0, 0.1) is 11.8 Å². The van der Waals surface area contributed by atoms with Crippen LogP contribution in [-0.4, -0.2) is 40.8 Å². The lowest BCUT2D eigenvalue weighted by atomic mass is 9.76. The van der Waals surface area contributed by atoms with Gasteiger partial charge in [-0.05, 0) is 74.6 Å². The summed E-state index contributed by atoms with van der Waals surface area (Å²) in [7, 11) is 0. The van der Waals surface area contributed by atoms with E-state index in [4.69, 9.17) is 4.74 Å². The molecule has 5 nitrogen and oxygen atoms in total. The van der Waals surface area contributed by atoms with Crippen molar-refractivity contribution in [2.24, 2.45) is 11.8 Å². The number of H-pyrrole nitrogens is 1. The van der Waals surface area contributed by atoms with Gasteiger partial charge in [-0.2, -0.15) is 0 Å². The number of nitrogens with one attached hydrogen (secondary N) is 1. The Morgan fingerprint density at radius 3 is 2.81 bits per heavy atom. The van der Waals surface area contributed by atoms with Crippen molar-refractivity contribution in [3.8, 4) is 0 Å². The van der Waals surface area contributed by atoms with Gasteiger partial charge in [-0.15, -0.1) is 0 Å². The minimum absolute atomic E-state index is 0.0265. The largest absolute Gasteiger partial charge is 0.450 e. The lowest BCUT2D eigenvalue weighted by Gasteiger charge is -2.42. The van der Waals surface area contributed by atoms with Gasteiger partial charge in [-0.1, -0.05) is 15.9 Å². The van der Waals surface area contributed by atoms with Crippen LogP contribution in [0.4, 0.5) is 4.79 Å². The molecule has 1 fully saturated rings. The Morgan fingerprint density at radius 2 is 2.11 bits per heavy atom. The average molecular weight is 435 g/mol. The first-order chi connectivity index (χ1) is 13.1. The van der Waals surface area contributed by atoms with E-state index in [9.17, 15) is 9.90 Å². The van der Waals surface area contributed by atoms with Crippen molar-refractivity contribution in [2.75, 3.05) is 19.8 Å². The lowest BCUT2D eigenvalue weighted by Crippen LogP contribution is -2.44. The molecule has 6 heteroatoms. The minimum Gasteiger partial charge on any atom is -0.450 e. The molecule has 146 valence electrons. The van der Waals surface area contributed by atoms with Crippen LogP contribution in [0.25, 0.3) is 10.9 Å². The van der Waals surface area contributed by atoms with Gasteiger partial charge in [0.1, 0.15) is 0 Å². The van der Waals surface area contributed by atoms with Crippen LogP contribution in [0.1, 0.15) is 49.9 Å². The van der Waals surface area contributed by atoms with Crippen molar-refractivity contribution in [1.29, 1.82) is 0 Å². The van der Waals surface area contributed by atoms with Gasteiger partial charge in [0.05, 0.1) is 12.6 Å². The Morgan fingerprint density at radius 1 is 1.33 bits per heavy atom. The first-order valence-electron chi connectivity index (χ1n) is 9.96. The van der Waals surface area contributed by atoms with Gasteiger partial charge >= 0.3 is 6.09 Å². The van der Waals surface area contributed by atoms with Gasteiger partial charge < -0.3 is 14.8 Å². The minimum atomic E-state index is -0.211. The number of aliphatic hydroxyl groups is 1. The Kier molecular flexibility index (Phi) is 5.46. The normalized spacial score (nSPS) is 25.4. The molecule has 4 rings (SSSR count). The Balaban J connectivity index is 1.73. The first kappa shape index (κ1) is 18.8. The van der Waals surface area contributed by atoms with E-state index in [2.05, 4.69) is 39.1 Å². The van der Waals surface area contributed by atoms with Gasteiger partial charge in [0.25, 0.3) is 0 Å². The number of fused-ring (bicyclic) bond motifs is 3. The van der Waals surface area contributed by atoms with E-state index < -0.39 is 0 Å². The van der Waals surface area contributed by atoms with Crippen molar-refractivity contribution in [2.45, 2.75) is 45.1 Å². The van der Waals surface area contributed by atoms with Crippen LogP contribution in [0.2, 0.25) is 0 Å². The molecule has 1 atom stereocenters. The van der Waals surface area contributed by atoms with Crippen LogP contribution >= 0.6 is 15.9 Å². The standard InChI is InChI=1S/C21H27BrN2O3/c1-2-27-21(26)24-10-9-16-17-11-15(22)7-8-18(17)23-19(16)20(24)14-5-3-13(12-25)4-6-14/h7-8,11,13-14,20,23,25H,2-6,9-10,12H2,1H3. The predicted molar refractivity (Wildman–Crippen MR) is 109 cm³/mol. The van der Waals surface area contributed by atoms with E-state index in [0.29, 0.717) is 25.0 Å². The second-order valence-electron chi connectivity index (χ2n) is 7.76. The number of aliphatic hydroxyl groups excluding tert-OH is 1. The van der Waals surface area contributed by atoms with Gasteiger partial charge in [0, 0.05) is 34.2 Å². The molecule has 1 aromatic heterocycles. The molecule has 0 saturated heterocycles. The number of carbonyl (C=O) groups is 1. The number of amides is 1. The van der Waals surface area contributed by atoms with E-state index in [-0.39, 0.29) is 18.7 Å². The molecule has 1 saturated carbocycles. The van der Waals surface area contributed by atoms with Gasteiger partial charge in [-0.25, -0.2) is 4.79 Å². The summed E-state index contributed by atoms with van der Waals surface area (Å²) in [5.41, 5.74) is 3.64. The fourth-order valence-corrected chi connectivity index (χ4v) is 5.24. The molecule has 27 heavy (non-hydrogen) atoms. The highest BCUT2D eigenvalue weighted by Crippen LogP contribution is 2.45. The molecule has 0 radical (unpaired) electrons. The summed E-state index contributed by atoms with van der Waals surface area (Å²) in [6.07, 6.45) is 4.74. The molecule has 2 aromatic rings. The number of hydrogen-bond donors (Lipinski definition) is 2. The quantitative estimate of drug-likeness (QED) is 0.729.